The normalized spacial score (nSPS) is 10.9. The van der Waals surface area contributed by atoms with Crippen LogP contribution in [0.25, 0.3) is 39.5 Å². The molecule has 11 nitrogen and oxygen atoms in total. The zero-order valence-corrected chi connectivity index (χ0v) is 25.7. The Kier molecular flexibility index (Phi) is 8.69. The molecule has 234 valence electrons. The number of aromatic nitrogens is 4. The van der Waals surface area contributed by atoms with Crippen LogP contribution >= 0.6 is 0 Å². The van der Waals surface area contributed by atoms with E-state index in [2.05, 4.69) is 15.6 Å². The second-order valence-electron chi connectivity index (χ2n) is 10.8. The summed E-state index contributed by atoms with van der Waals surface area (Å²) >= 11 is 0. The van der Waals surface area contributed by atoms with E-state index in [1.54, 1.807) is 30.5 Å². The van der Waals surface area contributed by atoms with E-state index in [0.717, 1.165) is 22.5 Å². The molecule has 6 aromatic rings. The highest BCUT2D eigenvalue weighted by Gasteiger charge is 2.19. The number of benzene rings is 3. The Hall–Kier alpha value is -6.36. The number of nitrogens with two attached hydrogens (primary N) is 1. The number of anilines is 2. The predicted molar refractivity (Wildman–Crippen MR) is 180 cm³/mol. The van der Waals surface area contributed by atoms with E-state index in [9.17, 15) is 14.4 Å². The molecule has 3 aromatic heterocycles. The quantitative estimate of drug-likeness (QED) is 0.182. The molecule has 3 heterocycles. The smallest absolute Gasteiger partial charge is 0.309 e. The summed E-state index contributed by atoms with van der Waals surface area (Å²) in [6.45, 7) is 1.76. The Morgan fingerprint density at radius 2 is 1.66 bits per heavy atom. The number of nitrogens with one attached hydrogen (secondary N) is 2. The van der Waals surface area contributed by atoms with Gasteiger partial charge in [0.05, 0.1) is 24.8 Å². The summed E-state index contributed by atoms with van der Waals surface area (Å²) in [5, 5.41) is 5.72. The topological polar surface area (TPSA) is 154 Å². The molecule has 47 heavy (non-hydrogen) atoms. The molecule has 0 fully saturated rings. The molecule has 0 aliphatic rings. The van der Waals surface area contributed by atoms with Crippen molar-refractivity contribution in [3.63, 3.8) is 0 Å². The summed E-state index contributed by atoms with van der Waals surface area (Å²) in [5.74, 6) is 0.167. The molecular formula is C36H31N7O4. The van der Waals surface area contributed by atoms with E-state index in [-0.39, 0.29) is 24.2 Å². The summed E-state index contributed by atoms with van der Waals surface area (Å²) < 4.78 is 6.67. The summed E-state index contributed by atoms with van der Waals surface area (Å²) in [5.41, 5.74) is 13.4. The molecule has 0 radical (unpaired) electrons. The van der Waals surface area contributed by atoms with Gasteiger partial charge in [-0.05, 0) is 71.8 Å². The molecule has 4 N–H and O–H groups in total. The van der Waals surface area contributed by atoms with Gasteiger partial charge in [-0.2, -0.15) is 0 Å². The van der Waals surface area contributed by atoms with Gasteiger partial charge in [0.1, 0.15) is 11.3 Å². The van der Waals surface area contributed by atoms with Crippen LogP contribution in [0.1, 0.15) is 28.4 Å². The first kappa shape index (κ1) is 30.7. The minimum atomic E-state index is -0.369. The lowest BCUT2D eigenvalue weighted by molar-refractivity contribution is -0.139. The van der Waals surface area contributed by atoms with E-state index in [1.165, 1.54) is 14.0 Å². The maximum atomic E-state index is 12.9. The van der Waals surface area contributed by atoms with Crippen molar-refractivity contribution in [2.45, 2.75) is 19.9 Å². The van der Waals surface area contributed by atoms with Gasteiger partial charge in [-0.1, -0.05) is 36.4 Å². The molecule has 0 aliphatic heterocycles. The average molecular weight is 626 g/mol. The van der Waals surface area contributed by atoms with Crippen molar-refractivity contribution in [3.05, 3.63) is 120 Å². The van der Waals surface area contributed by atoms with Crippen LogP contribution in [0.3, 0.4) is 0 Å². The van der Waals surface area contributed by atoms with Crippen molar-refractivity contribution in [2.75, 3.05) is 18.2 Å². The molecule has 0 aliphatic carbocycles. The molecule has 2 amide bonds. The third-order valence-electron chi connectivity index (χ3n) is 7.50. The fraction of sp³-hybridized carbons (Fsp3) is 0.111. The standard InChI is InChI=1S/C36H31N7O4/c1-22(44)40-27-12-10-25(11-13-27)30-16-17-31-35(41-30)43(34(42-31)29-7-4-18-38-33(29)37)28-14-8-23(9-15-28)21-39-36(46)26-6-3-5-24(19-26)20-32(45)47-2/h3-19H,20-21H2,1-2H3,(H2,37,38)(H,39,46)(H,40,44). The maximum absolute atomic E-state index is 12.9. The second-order valence-corrected chi connectivity index (χ2v) is 10.8. The van der Waals surface area contributed by atoms with Crippen molar-refractivity contribution in [3.8, 4) is 28.3 Å². The lowest BCUT2D eigenvalue weighted by Gasteiger charge is -2.12. The van der Waals surface area contributed by atoms with Crippen LogP contribution in [0.15, 0.2) is 103 Å². The van der Waals surface area contributed by atoms with Gasteiger partial charge in [0, 0.05) is 42.2 Å². The summed E-state index contributed by atoms with van der Waals surface area (Å²) in [4.78, 5) is 50.1. The number of pyridine rings is 2. The number of methoxy groups -OCH3 is 1. The number of hydrogen-bond acceptors (Lipinski definition) is 8. The number of carbonyl (C=O) groups is 3. The molecule has 0 bridgehead atoms. The van der Waals surface area contributed by atoms with Crippen LogP contribution in [0.4, 0.5) is 11.5 Å². The lowest BCUT2D eigenvalue weighted by Crippen LogP contribution is -2.23. The minimum Gasteiger partial charge on any atom is -0.469 e. The zero-order valence-electron chi connectivity index (χ0n) is 25.7. The fourth-order valence-electron chi connectivity index (χ4n) is 5.19. The largest absolute Gasteiger partial charge is 0.469 e. The van der Waals surface area contributed by atoms with Gasteiger partial charge in [-0.15, -0.1) is 0 Å². The van der Waals surface area contributed by atoms with Crippen molar-refractivity contribution in [2.24, 2.45) is 0 Å². The number of fused-ring (bicyclic) bond motifs is 1. The van der Waals surface area contributed by atoms with Crippen molar-refractivity contribution in [1.29, 1.82) is 0 Å². The van der Waals surface area contributed by atoms with E-state index >= 15 is 0 Å². The number of amides is 2. The van der Waals surface area contributed by atoms with Gasteiger partial charge in [0.2, 0.25) is 5.91 Å². The number of hydrogen-bond donors (Lipinski definition) is 3. The van der Waals surface area contributed by atoms with E-state index in [4.69, 9.17) is 20.4 Å². The molecular weight excluding hydrogens is 594 g/mol. The number of nitrogens with zero attached hydrogens (tertiary/aromatic N) is 4. The Labute approximate surface area is 270 Å². The molecule has 0 spiro atoms. The fourth-order valence-corrected chi connectivity index (χ4v) is 5.19. The Balaban J connectivity index is 1.30. The highest BCUT2D eigenvalue weighted by molar-refractivity contribution is 5.94. The molecule has 3 aromatic carbocycles. The molecule has 0 atom stereocenters. The van der Waals surface area contributed by atoms with Gasteiger partial charge < -0.3 is 21.1 Å². The molecule has 0 saturated heterocycles. The SMILES string of the molecule is COC(=O)Cc1cccc(C(=O)NCc2ccc(-n3c(-c4cccnc4N)nc4ccc(-c5ccc(NC(C)=O)cc5)nc43)cc2)c1. The van der Waals surface area contributed by atoms with Crippen molar-refractivity contribution >= 4 is 40.5 Å². The predicted octanol–water partition coefficient (Wildman–Crippen LogP) is 5.34. The van der Waals surface area contributed by atoms with Crippen molar-refractivity contribution in [1.82, 2.24) is 24.8 Å². The first-order chi connectivity index (χ1) is 22.8. The average Bonchev–Trinajstić information content (AvgIpc) is 3.46. The van der Waals surface area contributed by atoms with Crippen molar-refractivity contribution < 1.29 is 19.1 Å². The molecule has 6 rings (SSSR count). The van der Waals surface area contributed by atoms with E-state index in [1.807, 2.05) is 77.4 Å². The summed E-state index contributed by atoms with van der Waals surface area (Å²) in [6, 6.07) is 29.6. The number of esters is 1. The van der Waals surface area contributed by atoms with Crippen LogP contribution in [0.5, 0.6) is 0 Å². The van der Waals surface area contributed by atoms with Gasteiger partial charge >= 0.3 is 5.97 Å². The highest BCUT2D eigenvalue weighted by Crippen LogP contribution is 2.32. The number of carbonyl (C=O) groups excluding carboxylic acids is 3. The third-order valence-corrected chi connectivity index (χ3v) is 7.50. The number of nitrogen functional groups attached to an aromatic ring is 1. The van der Waals surface area contributed by atoms with Crippen LogP contribution < -0.4 is 16.4 Å². The first-order valence-corrected chi connectivity index (χ1v) is 14.8. The second kappa shape index (κ2) is 13.3. The monoisotopic (exact) mass is 625 g/mol. The van der Waals surface area contributed by atoms with Crippen LogP contribution in [-0.4, -0.2) is 44.4 Å². The number of imidazole rings is 1. The summed E-state index contributed by atoms with van der Waals surface area (Å²) in [6.07, 6.45) is 1.72. The maximum Gasteiger partial charge on any atom is 0.309 e. The Morgan fingerprint density at radius 1 is 0.872 bits per heavy atom. The van der Waals surface area contributed by atoms with Crippen LogP contribution in [-0.2, 0) is 27.3 Å². The van der Waals surface area contributed by atoms with Gasteiger partial charge in [0.15, 0.2) is 11.5 Å². The van der Waals surface area contributed by atoms with Gasteiger partial charge in [0.25, 0.3) is 5.91 Å². The molecule has 0 saturated carbocycles. The number of rotatable bonds is 9. The van der Waals surface area contributed by atoms with Crippen LogP contribution in [0, 0.1) is 0 Å². The van der Waals surface area contributed by atoms with E-state index in [0.29, 0.717) is 51.7 Å². The van der Waals surface area contributed by atoms with Gasteiger partial charge in [-0.25, -0.2) is 15.0 Å². The lowest BCUT2D eigenvalue weighted by atomic mass is 10.1. The Morgan fingerprint density at radius 3 is 2.38 bits per heavy atom. The zero-order chi connectivity index (χ0) is 32.9. The number of ether oxygens (including phenoxy) is 1. The summed E-state index contributed by atoms with van der Waals surface area (Å²) in [7, 11) is 1.33. The van der Waals surface area contributed by atoms with E-state index < -0.39 is 0 Å². The van der Waals surface area contributed by atoms with Crippen LogP contribution in [0.2, 0.25) is 0 Å². The Bertz CT molecular complexity index is 2110. The first-order valence-electron chi connectivity index (χ1n) is 14.8. The molecule has 0 unspecified atom stereocenters. The highest BCUT2D eigenvalue weighted by atomic mass is 16.5. The molecule has 11 heteroatoms. The third kappa shape index (κ3) is 6.84. The minimum absolute atomic E-state index is 0.0932. The van der Waals surface area contributed by atoms with Gasteiger partial charge in [-0.3, -0.25) is 19.0 Å².